The fraction of sp³-hybridized carbons (Fsp3) is 0.655. The Labute approximate surface area is 180 Å². The molecule has 158 valence electrons. The van der Waals surface area contributed by atoms with Gasteiger partial charge in [-0.25, -0.2) is 0 Å². The summed E-state index contributed by atoms with van der Waals surface area (Å²) in [4.78, 5) is 0. The Morgan fingerprint density at radius 2 is 1.59 bits per heavy atom. The van der Waals surface area contributed by atoms with Crippen LogP contribution >= 0.6 is 0 Å². The molecule has 2 aliphatic rings. The molecule has 1 aromatic rings. The second-order valence-electron chi connectivity index (χ2n) is 9.72. The summed E-state index contributed by atoms with van der Waals surface area (Å²) in [6.45, 7) is 8.68. The lowest BCUT2D eigenvalue weighted by molar-refractivity contribution is 0.219. The lowest BCUT2D eigenvalue weighted by Gasteiger charge is -2.32. The summed E-state index contributed by atoms with van der Waals surface area (Å²) >= 11 is 0. The maximum Gasteiger partial charge on any atom is 0.0245 e. The third kappa shape index (κ3) is 6.77. The SMILES string of the molecule is C=CC(CC)[C@H]1CC[C@H](CCc2ccc(C#C[C@H]3CC[C@H](CC)CC3)cc2)CC1. The molecule has 0 saturated heterocycles. The van der Waals surface area contributed by atoms with Crippen molar-refractivity contribution in [2.45, 2.75) is 90.9 Å². The van der Waals surface area contributed by atoms with E-state index in [1.807, 2.05) is 0 Å². The standard InChI is InChI=1S/C29H42/c1-4-23-7-9-24(10-8-23)11-12-25-13-15-26(16-14-25)17-18-27-19-21-29(22-20-27)28(5-2)6-3/h5,13-16,23-24,27-29H,2,4,6-10,17-22H2,1,3H3/t23-,24-,27-,28?,29-. The normalized spacial score (nSPS) is 28.2. The van der Waals surface area contributed by atoms with Gasteiger partial charge in [-0.05, 0) is 99.2 Å². The zero-order valence-electron chi connectivity index (χ0n) is 19.0. The highest BCUT2D eigenvalue weighted by Crippen LogP contribution is 2.37. The van der Waals surface area contributed by atoms with Crippen LogP contribution < -0.4 is 0 Å². The molecule has 0 nitrogen and oxygen atoms in total. The highest BCUT2D eigenvalue weighted by atomic mass is 14.3. The monoisotopic (exact) mass is 390 g/mol. The molecule has 2 aliphatic carbocycles. The summed E-state index contributed by atoms with van der Waals surface area (Å²) in [5.74, 6) is 11.1. The van der Waals surface area contributed by atoms with Gasteiger partial charge in [0.2, 0.25) is 0 Å². The zero-order chi connectivity index (χ0) is 20.5. The smallest absolute Gasteiger partial charge is 0.0245 e. The van der Waals surface area contributed by atoms with E-state index in [2.05, 4.69) is 62.6 Å². The van der Waals surface area contributed by atoms with Gasteiger partial charge in [-0.2, -0.15) is 0 Å². The van der Waals surface area contributed by atoms with Crippen molar-refractivity contribution in [2.24, 2.45) is 29.6 Å². The summed E-state index contributed by atoms with van der Waals surface area (Å²) in [5.41, 5.74) is 2.68. The molecule has 1 atom stereocenters. The van der Waals surface area contributed by atoms with E-state index in [0.29, 0.717) is 5.92 Å². The first kappa shape index (κ1) is 22.2. The average molecular weight is 391 g/mol. The number of hydrogen-bond acceptors (Lipinski definition) is 0. The third-order valence-electron chi connectivity index (χ3n) is 7.91. The van der Waals surface area contributed by atoms with Crippen molar-refractivity contribution in [1.82, 2.24) is 0 Å². The van der Waals surface area contributed by atoms with Crippen LogP contribution in [0.15, 0.2) is 36.9 Å². The number of rotatable bonds is 7. The van der Waals surface area contributed by atoms with E-state index in [1.165, 1.54) is 88.2 Å². The summed E-state index contributed by atoms with van der Waals surface area (Å²) in [7, 11) is 0. The van der Waals surface area contributed by atoms with Crippen molar-refractivity contribution >= 4 is 0 Å². The number of benzene rings is 1. The second-order valence-corrected chi connectivity index (χ2v) is 9.72. The molecule has 0 amide bonds. The summed E-state index contributed by atoms with van der Waals surface area (Å²) in [6, 6.07) is 9.11. The van der Waals surface area contributed by atoms with Gasteiger partial charge in [0, 0.05) is 11.5 Å². The van der Waals surface area contributed by atoms with Gasteiger partial charge >= 0.3 is 0 Å². The molecule has 1 unspecified atom stereocenters. The van der Waals surface area contributed by atoms with Crippen molar-refractivity contribution in [3.8, 4) is 11.8 Å². The first-order valence-electron chi connectivity index (χ1n) is 12.4. The van der Waals surface area contributed by atoms with E-state index < -0.39 is 0 Å². The van der Waals surface area contributed by atoms with Gasteiger partial charge in [-0.15, -0.1) is 6.58 Å². The molecular weight excluding hydrogens is 348 g/mol. The third-order valence-corrected chi connectivity index (χ3v) is 7.91. The van der Waals surface area contributed by atoms with Crippen molar-refractivity contribution in [3.63, 3.8) is 0 Å². The summed E-state index contributed by atoms with van der Waals surface area (Å²) in [6.07, 6.45) is 18.4. The van der Waals surface area contributed by atoms with E-state index in [0.717, 1.165) is 23.7 Å². The van der Waals surface area contributed by atoms with Gasteiger partial charge in [0.15, 0.2) is 0 Å². The van der Waals surface area contributed by atoms with Crippen LogP contribution in [0.1, 0.15) is 95.6 Å². The van der Waals surface area contributed by atoms with Crippen LogP contribution in [0.2, 0.25) is 0 Å². The Balaban J connectivity index is 1.40. The van der Waals surface area contributed by atoms with Crippen LogP contribution in [0, 0.1) is 41.4 Å². The molecule has 3 rings (SSSR count). The number of hydrogen-bond donors (Lipinski definition) is 0. The predicted molar refractivity (Wildman–Crippen MR) is 127 cm³/mol. The van der Waals surface area contributed by atoms with Gasteiger partial charge in [0.1, 0.15) is 0 Å². The molecule has 0 radical (unpaired) electrons. The number of aryl methyl sites for hydroxylation is 1. The van der Waals surface area contributed by atoms with Gasteiger partial charge in [-0.3, -0.25) is 0 Å². The van der Waals surface area contributed by atoms with Crippen molar-refractivity contribution in [1.29, 1.82) is 0 Å². The largest absolute Gasteiger partial charge is 0.103 e. The Hall–Kier alpha value is -1.48. The maximum absolute atomic E-state index is 4.05. The highest BCUT2D eigenvalue weighted by Gasteiger charge is 2.25. The molecule has 1 aromatic carbocycles. The van der Waals surface area contributed by atoms with Crippen LogP contribution in [0.4, 0.5) is 0 Å². The minimum absolute atomic E-state index is 0.626. The fourth-order valence-electron chi connectivity index (χ4n) is 5.62. The van der Waals surface area contributed by atoms with E-state index in [1.54, 1.807) is 0 Å². The Morgan fingerprint density at radius 1 is 0.931 bits per heavy atom. The lowest BCUT2D eigenvalue weighted by Crippen LogP contribution is -2.20. The highest BCUT2D eigenvalue weighted by molar-refractivity contribution is 5.36. The molecule has 0 aromatic heterocycles. The molecule has 0 spiro atoms. The molecule has 0 N–H and O–H groups in total. The van der Waals surface area contributed by atoms with Gasteiger partial charge in [-0.1, -0.05) is 63.2 Å². The van der Waals surface area contributed by atoms with Crippen LogP contribution in [0.25, 0.3) is 0 Å². The van der Waals surface area contributed by atoms with Crippen LogP contribution in [0.3, 0.4) is 0 Å². The van der Waals surface area contributed by atoms with Crippen molar-refractivity contribution in [2.75, 3.05) is 0 Å². The van der Waals surface area contributed by atoms with E-state index >= 15 is 0 Å². The van der Waals surface area contributed by atoms with Gasteiger partial charge in [0.05, 0.1) is 0 Å². The van der Waals surface area contributed by atoms with Crippen molar-refractivity contribution < 1.29 is 0 Å². The molecule has 0 bridgehead atoms. The first-order valence-corrected chi connectivity index (χ1v) is 12.4. The average Bonchev–Trinajstić information content (AvgIpc) is 2.79. The number of allylic oxidation sites excluding steroid dienone is 1. The Bertz CT molecular complexity index is 654. The summed E-state index contributed by atoms with van der Waals surface area (Å²) in [5, 5.41) is 0. The van der Waals surface area contributed by atoms with Crippen LogP contribution in [-0.4, -0.2) is 0 Å². The molecule has 2 saturated carbocycles. The lowest BCUT2D eigenvalue weighted by atomic mass is 9.73. The van der Waals surface area contributed by atoms with Gasteiger partial charge in [0.25, 0.3) is 0 Å². The maximum atomic E-state index is 4.05. The first-order chi connectivity index (χ1) is 14.2. The van der Waals surface area contributed by atoms with E-state index in [4.69, 9.17) is 0 Å². The molecule has 2 fully saturated rings. The topological polar surface area (TPSA) is 0 Å². The Kier molecular flexibility index (Phi) is 8.92. The minimum Gasteiger partial charge on any atom is -0.103 e. The molecule has 0 aliphatic heterocycles. The van der Waals surface area contributed by atoms with Crippen LogP contribution in [-0.2, 0) is 6.42 Å². The summed E-state index contributed by atoms with van der Waals surface area (Å²) < 4.78 is 0. The predicted octanol–water partition coefficient (Wildman–Crippen LogP) is 8.21. The van der Waals surface area contributed by atoms with Gasteiger partial charge < -0.3 is 0 Å². The molecule has 29 heavy (non-hydrogen) atoms. The van der Waals surface area contributed by atoms with E-state index in [-0.39, 0.29) is 0 Å². The molecular formula is C29H42. The second kappa shape index (κ2) is 11.6. The molecule has 0 heteroatoms. The van der Waals surface area contributed by atoms with Crippen LogP contribution in [0.5, 0.6) is 0 Å². The quantitative estimate of drug-likeness (QED) is 0.325. The fourth-order valence-corrected chi connectivity index (χ4v) is 5.62. The Morgan fingerprint density at radius 3 is 2.17 bits per heavy atom. The zero-order valence-corrected chi connectivity index (χ0v) is 19.0. The minimum atomic E-state index is 0.626. The molecule has 0 heterocycles. The van der Waals surface area contributed by atoms with Crippen molar-refractivity contribution in [3.05, 3.63) is 48.0 Å². The van der Waals surface area contributed by atoms with E-state index in [9.17, 15) is 0 Å².